The summed E-state index contributed by atoms with van der Waals surface area (Å²) in [6.45, 7) is 0. The molecule has 1 N–H and O–H groups in total. The van der Waals surface area contributed by atoms with Gasteiger partial charge in [-0.1, -0.05) is 11.8 Å². The summed E-state index contributed by atoms with van der Waals surface area (Å²) < 4.78 is 11.5. The lowest BCUT2D eigenvalue weighted by Gasteiger charge is -2.55. The van der Waals surface area contributed by atoms with Crippen molar-refractivity contribution in [3.05, 3.63) is 51.1 Å². The van der Waals surface area contributed by atoms with Crippen LogP contribution in [0.3, 0.4) is 0 Å². The molecule has 4 aliphatic carbocycles. The van der Waals surface area contributed by atoms with Gasteiger partial charge in [-0.3, -0.25) is 25.1 Å². The van der Waals surface area contributed by atoms with Crippen LogP contribution in [0.1, 0.15) is 44.3 Å². The summed E-state index contributed by atoms with van der Waals surface area (Å²) in [7, 11) is 1.43. The molecule has 2 amide bonds. The van der Waals surface area contributed by atoms with Crippen molar-refractivity contribution >= 4 is 51.9 Å². The minimum atomic E-state index is -0.496. The Morgan fingerprint density at radius 2 is 1.89 bits per heavy atom. The van der Waals surface area contributed by atoms with Crippen LogP contribution in [-0.2, 0) is 9.59 Å². The van der Waals surface area contributed by atoms with Crippen LogP contribution in [0, 0.1) is 33.3 Å². The van der Waals surface area contributed by atoms with E-state index in [1.165, 1.54) is 43.5 Å². The zero-order valence-corrected chi connectivity index (χ0v) is 21.7. The van der Waals surface area contributed by atoms with Crippen molar-refractivity contribution in [3.63, 3.8) is 0 Å². The number of rotatable bonds is 6. The highest BCUT2D eigenvalue weighted by molar-refractivity contribution is 8.26. The first-order valence-corrected chi connectivity index (χ1v) is 13.5. The number of furan rings is 1. The van der Waals surface area contributed by atoms with Crippen LogP contribution in [0.15, 0.2) is 39.7 Å². The van der Waals surface area contributed by atoms with Crippen LogP contribution < -0.4 is 10.2 Å². The van der Waals surface area contributed by atoms with Gasteiger partial charge in [0.05, 0.1) is 34.0 Å². The van der Waals surface area contributed by atoms with Gasteiger partial charge in [0.15, 0.2) is 4.32 Å². The Bertz CT molecular complexity index is 1330. The summed E-state index contributed by atoms with van der Waals surface area (Å²) in [6.07, 6.45) is 7.97. The first kappa shape index (κ1) is 24.2. The van der Waals surface area contributed by atoms with E-state index in [9.17, 15) is 19.7 Å². The van der Waals surface area contributed by atoms with Gasteiger partial charge in [0.2, 0.25) is 5.91 Å². The van der Waals surface area contributed by atoms with E-state index >= 15 is 0 Å². The number of thioether (sulfide) groups is 1. The molecule has 0 atom stereocenters. The number of amides is 2. The maximum absolute atomic E-state index is 13.4. The minimum Gasteiger partial charge on any atom is -0.496 e. The zero-order chi connectivity index (χ0) is 25.9. The van der Waals surface area contributed by atoms with Crippen LogP contribution in [-0.4, -0.2) is 33.2 Å². The van der Waals surface area contributed by atoms with Crippen molar-refractivity contribution in [1.29, 1.82) is 0 Å². The second-order valence-electron chi connectivity index (χ2n) is 10.5. The molecule has 37 heavy (non-hydrogen) atoms. The Balaban J connectivity index is 1.18. The molecule has 1 saturated heterocycles. The van der Waals surface area contributed by atoms with Gasteiger partial charge in [-0.2, -0.15) is 5.01 Å². The van der Waals surface area contributed by atoms with Gasteiger partial charge in [-0.15, -0.1) is 0 Å². The Morgan fingerprint density at radius 1 is 1.22 bits per heavy atom. The molecule has 2 aromatic rings. The van der Waals surface area contributed by atoms with E-state index in [4.69, 9.17) is 21.4 Å². The third-order valence-corrected chi connectivity index (χ3v) is 9.39. The van der Waals surface area contributed by atoms with Crippen LogP contribution in [0.25, 0.3) is 17.4 Å². The van der Waals surface area contributed by atoms with E-state index in [2.05, 4.69) is 5.43 Å². The number of methoxy groups -OCH3 is 1. The average molecular weight is 540 g/mol. The van der Waals surface area contributed by atoms with Crippen molar-refractivity contribution in [1.82, 2.24) is 10.4 Å². The Labute approximate surface area is 222 Å². The number of hydrogen-bond donors (Lipinski definition) is 1. The predicted molar refractivity (Wildman–Crippen MR) is 141 cm³/mol. The zero-order valence-electron chi connectivity index (χ0n) is 20.1. The molecule has 1 aromatic heterocycles. The molecule has 1 aromatic carbocycles. The molecule has 4 bridgehead atoms. The van der Waals surface area contributed by atoms with Crippen LogP contribution >= 0.6 is 24.0 Å². The first-order chi connectivity index (χ1) is 17.7. The lowest BCUT2D eigenvalue weighted by molar-refractivity contribution is -0.384. The van der Waals surface area contributed by atoms with E-state index in [-0.39, 0.29) is 27.2 Å². The summed E-state index contributed by atoms with van der Waals surface area (Å²) in [5, 5.41) is 12.3. The number of benzene rings is 1. The molecule has 7 rings (SSSR count). The molecule has 5 fully saturated rings. The normalized spacial score (nSPS) is 29.3. The number of ether oxygens (including phenoxy) is 1. The summed E-state index contributed by atoms with van der Waals surface area (Å²) in [6, 6.07) is 7.65. The van der Waals surface area contributed by atoms with Gasteiger partial charge in [0.25, 0.3) is 11.6 Å². The lowest BCUT2D eigenvalue weighted by Crippen LogP contribution is -2.57. The quantitative estimate of drug-likeness (QED) is 0.227. The Morgan fingerprint density at radius 3 is 2.51 bits per heavy atom. The average Bonchev–Trinajstić information content (AvgIpc) is 3.42. The predicted octanol–water partition coefficient (Wildman–Crippen LogP) is 5.31. The highest BCUT2D eigenvalue weighted by Crippen LogP contribution is 2.60. The maximum atomic E-state index is 13.4. The van der Waals surface area contributed by atoms with Gasteiger partial charge >= 0.3 is 0 Å². The Hall–Kier alpha value is -3.18. The third-order valence-electron chi connectivity index (χ3n) is 8.09. The second kappa shape index (κ2) is 8.98. The van der Waals surface area contributed by atoms with E-state index in [1.54, 1.807) is 24.3 Å². The molecule has 0 radical (unpaired) electrons. The number of nitrogens with zero attached hydrogens (tertiary/aromatic N) is 2. The van der Waals surface area contributed by atoms with E-state index in [1.807, 2.05) is 0 Å². The molecule has 0 spiro atoms. The van der Waals surface area contributed by atoms with Crippen molar-refractivity contribution in [2.24, 2.45) is 23.2 Å². The standard InChI is InChI=1S/C26H25N3O6S2/c1-34-21-9-17(29(32)33)2-4-19(21)20-5-3-18(35-20)10-22-23(30)28(25(36)37-22)27-24(31)26-11-14-6-15(12-26)8-16(7-14)13-26/h2-5,9-10,14-16H,6-8,11-13H2,1H3,(H,27,31)/b22-10+. The monoisotopic (exact) mass is 539 g/mol. The van der Waals surface area contributed by atoms with Gasteiger partial charge in [0, 0.05) is 12.1 Å². The smallest absolute Gasteiger partial charge is 0.285 e. The number of thiocarbonyl (C=S) groups is 1. The van der Waals surface area contributed by atoms with E-state index < -0.39 is 4.92 Å². The van der Waals surface area contributed by atoms with Gasteiger partial charge in [0.1, 0.15) is 17.3 Å². The topological polar surface area (TPSA) is 115 Å². The van der Waals surface area contributed by atoms with Crippen molar-refractivity contribution in [2.75, 3.05) is 7.11 Å². The highest BCUT2D eigenvalue weighted by Gasteiger charge is 2.55. The van der Waals surface area contributed by atoms with Crippen LogP contribution in [0.4, 0.5) is 5.69 Å². The molecular weight excluding hydrogens is 514 g/mol. The maximum Gasteiger partial charge on any atom is 0.285 e. The van der Waals surface area contributed by atoms with Gasteiger partial charge in [-0.05, 0) is 86.7 Å². The van der Waals surface area contributed by atoms with Gasteiger partial charge < -0.3 is 9.15 Å². The largest absolute Gasteiger partial charge is 0.496 e. The van der Waals surface area contributed by atoms with Crippen LogP contribution in [0.2, 0.25) is 0 Å². The SMILES string of the molecule is COc1cc([N+](=O)[O-])ccc1-c1ccc(/C=C2/SC(=S)N(NC(=O)C34CC5CC(CC(C5)C3)C4)C2=O)o1. The summed E-state index contributed by atoms with van der Waals surface area (Å²) in [4.78, 5) is 37.5. The number of nitro groups is 1. The molecule has 2 heterocycles. The molecule has 11 heteroatoms. The fraction of sp³-hybridized carbons (Fsp3) is 0.423. The fourth-order valence-electron chi connectivity index (χ4n) is 6.87. The number of hydrogen-bond acceptors (Lipinski definition) is 8. The number of carbonyl (C=O) groups is 2. The number of nitrogens with one attached hydrogen (secondary N) is 1. The van der Waals surface area contributed by atoms with Crippen molar-refractivity contribution in [2.45, 2.75) is 38.5 Å². The molecular formula is C26H25N3O6S2. The minimum absolute atomic E-state index is 0.0882. The summed E-state index contributed by atoms with van der Waals surface area (Å²) in [5.41, 5.74) is 2.92. The van der Waals surface area contributed by atoms with Crippen molar-refractivity contribution in [3.8, 4) is 17.1 Å². The second-order valence-corrected chi connectivity index (χ2v) is 12.2. The lowest BCUT2D eigenvalue weighted by atomic mass is 9.49. The molecule has 9 nitrogen and oxygen atoms in total. The molecule has 5 aliphatic rings. The molecule has 1 aliphatic heterocycles. The molecule has 192 valence electrons. The number of hydrazine groups is 1. The van der Waals surface area contributed by atoms with Gasteiger partial charge in [-0.25, -0.2) is 0 Å². The summed E-state index contributed by atoms with van der Waals surface area (Å²) in [5.74, 6) is 2.51. The van der Waals surface area contributed by atoms with E-state index in [0.29, 0.717) is 45.5 Å². The molecule has 4 saturated carbocycles. The summed E-state index contributed by atoms with van der Waals surface area (Å²) >= 11 is 6.54. The third kappa shape index (κ3) is 4.23. The fourth-order valence-corrected chi connectivity index (χ4v) is 8.03. The molecule has 0 unspecified atom stereocenters. The number of non-ortho nitro benzene ring substituents is 1. The Kier molecular flexibility index (Phi) is 5.87. The number of nitro benzene ring substituents is 1. The highest BCUT2D eigenvalue weighted by atomic mass is 32.2. The van der Waals surface area contributed by atoms with Crippen LogP contribution in [0.5, 0.6) is 5.75 Å². The number of carbonyl (C=O) groups excluding carboxylic acids is 2. The van der Waals surface area contributed by atoms with E-state index in [0.717, 1.165) is 31.0 Å². The van der Waals surface area contributed by atoms with Crippen molar-refractivity contribution < 1.29 is 23.7 Å². The first-order valence-electron chi connectivity index (χ1n) is 12.3.